The van der Waals surface area contributed by atoms with Crippen molar-refractivity contribution in [2.45, 2.75) is 10.6 Å². The highest BCUT2D eigenvalue weighted by atomic mass is 32.2. The Labute approximate surface area is 108 Å². The molecule has 2 aromatic rings. The quantitative estimate of drug-likeness (QED) is 0.860. The van der Waals surface area contributed by atoms with Gasteiger partial charge >= 0.3 is 5.97 Å². The van der Waals surface area contributed by atoms with E-state index in [1.807, 2.05) is 18.2 Å². The zero-order valence-corrected chi connectivity index (χ0v) is 10.2. The molecular weight excluding hydrogens is 253 g/mol. The Morgan fingerprint density at radius 1 is 1.33 bits per heavy atom. The topological polar surface area (TPSA) is 50.2 Å². The van der Waals surface area contributed by atoms with Crippen LogP contribution < -0.4 is 0 Å². The number of carbonyl (C=O) groups is 1. The van der Waals surface area contributed by atoms with Crippen LogP contribution in [0, 0.1) is 5.82 Å². The molecular formula is C13H10FNO2S. The van der Waals surface area contributed by atoms with Crippen LogP contribution >= 0.6 is 11.8 Å². The molecule has 1 N–H and O–H groups in total. The lowest BCUT2D eigenvalue weighted by Gasteiger charge is -2.03. The van der Waals surface area contributed by atoms with Crippen molar-refractivity contribution in [2.24, 2.45) is 0 Å². The maximum absolute atomic E-state index is 13.2. The molecule has 1 heterocycles. The van der Waals surface area contributed by atoms with Gasteiger partial charge in [0.25, 0.3) is 0 Å². The first kappa shape index (κ1) is 12.6. The number of carboxylic acid groups (broad SMARTS) is 1. The van der Waals surface area contributed by atoms with Crippen LogP contribution in [0.15, 0.2) is 47.5 Å². The highest BCUT2D eigenvalue weighted by Crippen LogP contribution is 2.24. The normalized spacial score (nSPS) is 10.3. The summed E-state index contributed by atoms with van der Waals surface area (Å²) in [6, 6.07) is 9.67. The first-order valence-corrected chi connectivity index (χ1v) is 6.21. The van der Waals surface area contributed by atoms with Gasteiger partial charge in [0, 0.05) is 16.8 Å². The zero-order valence-electron chi connectivity index (χ0n) is 9.34. The molecule has 0 unspecified atom stereocenters. The number of aromatic carboxylic acids is 1. The fraction of sp³-hybridized carbons (Fsp3) is 0.0769. The van der Waals surface area contributed by atoms with Gasteiger partial charge in [-0.15, -0.1) is 11.8 Å². The molecule has 0 amide bonds. The van der Waals surface area contributed by atoms with E-state index < -0.39 is 11.8 Å². The molecule has 0 atom stereocenters. The molecule has 0 radical (unpaired) electrons. The molecule has 0 spiro atoms. The van der Waals surface area contributed by atoms with Crippen molar-refractivity contribution < 1.29 is 14.3 Å². The predicted octanol–water partition coefficient (Wildman–Crippen LogP) is 3.21. The molecule has 5 heteroatoms. The lowest BCUT2D eigenvalue weighted by atomic mass is 10.2. The highest BCUT2D eigenvalue weighted by molar-refractivity contribution is 7.98. The van der Waals surface area contributed by atoms with Gasteiger partial charge in [0.05, 0.1) is 11.3 Å². The van der Waals surface area contributed by atoms with Gasteiger partial charge in [-0.2, -0.15) is 0 Å². The minimum Gasteiger partial charge on any atom is -0.478 e. The first-order chi connectivity index (χ1) is 8.66. The third kappa shape index (κ3) is 3.07. The second-order valence-electron chi connectivity index (χ2n) is 3.56. The number of rotatable bonds is 4. The smallest absolute Gasteiger partial charge is 0.338 e. The molecule has 0 aliphatic rings. The number of thioether (sulfide) groups is 1. The average molecular weight is 263 g/mol. The van der Waals surface area contributed by atoms with Crippen molar-refractivity contribution in [1.82, 2.24) is 4.98 Å². The van der Waals surface area contributed by atoms with E-state index >= 15 is 0 Å². The van der Waals surface area contributed by atoms with E-state index in [1.54, 1.807) is 12.3 Å². The summed E-state index contributed by atoms with van der Waals surface area (Å²) in [7, 11) is 0. The molecule has 3 nitrogen and oxygen atoms in total. The molecule has 92 valence electrons. The van der Waals surface area contributed by atoms with Gasteiger partial charge in [-0.05, 0) is 30.3 Å². The summed E-state index contributed by atoms with van der Waals surface area (Å²) in [6.07, 6.45) is 1.70. The summed E-state index contributed by atoms with van der Waals surface area (Å²) in [6.45, 7) is 0. The first-order valence-electron chi connectivity index (χ1n) is 5.22. The van der Waals surface area contributed by atoms with Crippen LogP contribution in [-0.4, -0.2) is 16.1 Å². The van der Waals surface area contributed by atoms with E-state index in [0.717, 1.165) is 5.69 Å². The van der Waals surface area contributed by atoms with Crippen molar-refractivity contribution in [3.8, 4) is 0 Å². The monoisotopic (exact) mass is 263 g/mol. The molecule has 18 heavy (non-hydrogen) atoms. The molecule has 0 fully saturated rings. The number of carboxylic acids is 1. The number of nitrogens with zero attached hydrogens (tertiary/aromatic N) is 1. The summed E-state index contributed by atoms with van der Waals surface area (Å²) < 4.78 is 13.2. The van der Waals surface area contributed by atoms with Crippen LogP contribution in [0.2, 0.25) is 0 Å². The largest absolute Gasteiger partial charge is 0.478 e. The lowest BCUT2D eigenvalue weighted by molar-refractivity contribution is 0.0691. The Hall–Kier alpha value is -1.88. The molecule has 0 aliphatic heterocycles. The predicted molar refractivity (Wildman–Crippen MR) is 67.2 cm³/mol. The Morgan fingerprint density at radius 3 is 2.83 bits per heavy atom. The van der Waals surface area contributed by atoms with E-state index in [4.69, 9.17) is 5.11 Å². The van der Waals surface area contributed by atoms with Crippen LogP contribution in [0.3, 0.4) is 0 Å². The summed E-state index contributed by atoms with van der Waals surface area (Å²) >= 11 is 1.42. The highest BCUT2D eigenvalue weighted by Gasteiger charge is 2.10. The Balaban J connectivity index is 2.11. The van der Waals surface area contributed by atoms with Crippen molar-refractivity contribution in [2.75, 3.05) is 0 Å². The Morgan fingerprint density at radius 2 is 2.17 bits per heavy atom. The number of hydrogen-bond acceptors (Lipinski definition) is 3. The van der Waals surface area contributed by atoms with Crippen molar-refractivity contribution in [3.05, 3.63) is 59.7 Å². The molecule has 1 aromatic carbocycles. The van der Waals surface area contributed by atoms with Crippen LogP contribution in [0.25, 0.3) is 0 Å². The third-order valence-corrected chi connectivity index (χ3v) is 3.31. The van der Waals surface area contributed by atoms with E-state index in [0.29, 0.717) is 10.6 Å². The van der Waals surface area contributed by atoms with Gasteiger partial charge in [0.2, 0.25) is 0 Å². The van der Waals surface area contributed by atoms with Gasteiger partial charge < -0.3 is 5.11 Å². The van der Waals surface area contributed by atoms with Crippen molar-refractivity contribution in [1.29, 1.82) is 0 Å². The summed E-state index contributed by atoms with van der Waals surface area (Å²) in [5.41, 5.74) is 0.588. The fourth-order valence-electron chi connectivity index (χ4n) is 1.40. The SMILES string of the molecule is O=C(O)c1cc(SCc2ccccn2)ccc1F. The van der Waals surface area contributed by atoms with E-state index in [2.05, 4.69) is 4.98 Å². The second kappa shape index (κ2) is 5.64. The van der Waals surface area contributed by atoms with Gasteiger partial charge in [-0.3, -0.25) is 4.98 Å². The Bertz CT molecular complexity index is 560. The van der Waals surface area contributed by atoms with Gasteiger partial charge in [-0.25, -0.2) is 9.18 Å². The number of halogens is 1. The molecule has 1 aromatic heterocycles. The maximum Gasteiger partial charge on any atom is 0.338 e. The van der Waals surface area contributed by atoms with E-state index in [-0.39, 0.29) is 5.56 Å². The van der Waals surface area contributed by atoms with Crippen molar-refractivity contribution >= 4 is 17.7 Å². The maximum atomic E-state index is 13.2. The summed E-state index contributed by atoms with van der Waals surface area (Å²) in [5.74, 6) is -1.36. The number of benzene rings is 1. The number of pyridine rings is 1. The zero-order chi connectivity index (χ0) is 13.0. The van der Waals surface area contributed by atoms with Crippen LogP contribution in [0.5, 0.6) is 0 Å². The molecule has 0 aliphatic carbocycles. The van der Waals surface area contributed by atoms with Gasteiger partial charge in [0.15, 0.2) is 0 Å². The minimum atomic E-state index is -1.26. The standard InChI is InChI=1S/C13H10FNO2S/c14-12-5-4-10(7-11(12)13(16)17)18-8-9-3-1-2-6-15-9/h1-7H,8H2,(H,16,17). The molecule has 0 saturated heterocycles. The molecule has 2 rings (SSSR count). The fourth-order valence-corrected chi connectivity index (χ4v) is 2.25. The molecule has 0 bridgehead atoms. The minimum absolute atomic E-state index is 0.305. The van der Waals surface area contributed by atoms with E-state index in [9.17, 15) is 9.18 Å². The third-order valence-electron chi connectivity index (χ3n) is 2.28. The Kier molecular flexibility index (Phi) is 3.94. The van der Waals surface area contributed by atoms with Crippen LogP contribution in [0.4, 0.5) is 4.39 Å². The average Bonchev–Trinajstić information content (AvgIpc) is 2.38. The molecule has 0 saturated carbocycles. The van der Waals surface area contributed by atoms with Gasteiger partial charge in [-0.1, -0.05) is 6.07 Å². The van der Waals surface area contributed by atoms with Crippen molar-refractivity contribution in [3.63, 3.8) is 0 Å². The van der Waals surface area contributed by atoms with Crippen LogP contribution in [0.1, 0.15) is 16.1 Å². The summed E-state index contributed by atoms with van der Waals surface area (Å²) in [4.78, 5) is 15.7. The second-order valence-corrected chi connectivity index (χ2v) is 4.61. The number of hydrogen-bond donors (Lipinski definition) is 1. The summed E-state index contributed by atoms with van der Waals surface area (Å²) in [5, 5.41) is 8.81. The van der Waals surface area contributed by atoms with Crippen LogP contribution in [-0.2, 0) is 5.75 Å². The van der Waals surface area contributed by atoms with E-state index in [1.165, 1.54) is 23.9 Å². The van der Waals surface area contributed by atoms with Gasteiger partial charge in [0.1, 0.15) is 5.82 Å². The number of aromatic nitrogens is 1. The lowest BCUT2D eigenvalue weighted by Crippen LogP contribution is -2.00.